The van der Waals surface area contributed by atoms with Gasteiger partial charge in [-0.25, -0.2) is 0 Å². The maximum absolute atomic E-state index is 11.7. The lowest BCUT2D eigenvalue weighted by atomic mass is 10.2. The van der Waals surface area contributed by atoms with Gasteiger partial charge in [0.05, 0.1) is 23.9 Å². The Kier molecular flexibility index (Phi) is 3.39. The van der Waals surface area contributed by atoms with Crippen LogP contribution in [0.5, 0.6) is 0 Å². The zero-order chi connectivity index (χ0) is 12.3. The van der Waals surface area contributed by atoms with Gasteiger partial charge in [0.2, 0.25) is 5.91 Å². The second kappa shape index (κ2) is 4.97. The highest BCUT2D eigenvalue weighted by Crippen LogP contribution is 2.20. The van der Waals surface area contributed by atoms with Gasteiger partial charge in [-0.2, -0.15) is 5.10 Å². The number of fused-ring (bicyclic) bond motifs is 1. The molecule has 1 amide bonds. The quantitative estimate of drug-likeness (QED) is 0.748. The Balaban J connectivity index is 2.08. The summed E-state index contributed by atoms with van der Waals surface area (Å²) in [5.74, 6) is -0.0487. The van der Waals surface area contributed by atoms with E-state index in [2.05, 4.69) is 20.8 Å². The number of carbonyl (C=O) groups is 1. The van der Waals surface area contributed by atoms with Crippen molar-refractivity contribution in [2.24, 2.45) is 0 Å². The van der Waals surface area contributed by atoms with Crippen molar-refractivity contribution in [2.45, 2.75) is 19.9 Å². The van der Waals surface area contributed by atoms with Crippen LogP contribution in [0, 0.1) is 0 Å². The highest BCUT2D eigenvalue weighted by atomic mass is 16.1. The molecular formula is C12H16N4O. The number of nitrogens with zero attached hydrogens (tertiary/aromatic N) is 1. The van der Waals surface area contributed by atoms with Crippen LogP contribution < -0.4 is 10.6 Å². The summed E-state index contributed by atoms with van der Waals surface area (Å²) in [7, 11) is 0. The standard InChI is InChI=1S/C12H16N4O/c1-8(2)13-7-12(17)15-10-4-3-5-11-9(10)6-14-16-11/h3-6,8,13H,7H2,1-2H3,(H,14,16)(H,15,17). The number of hydrogen-bond donors (Lipinski definition) is 3. The molecule has 0 aliphatic rings. The van der Waals surface area contributed by atoms with Crippen molar-refractivity contribution in [1.82, 2.24) is 15.5 Å². The predicted octanol–water partition coefficient (Wildman–Crippen LogP) is 1.50. The molecule has 0 spiro atoms. The molecule has 0 unspecified atom stereocenters. The molecule has 0 bridgehead atoms. The van der Waals surface area contributed by atoms with Crippen LogP contribution in [-0.2, 0) is 4.79 Å². The fourth-order valence-corrected chi connectivity index (χ4v) is 1.57. The first-order chi connectivity index (χ1) is 8.16. The second-order valence-electron chi connectivity index (χ2n) is 4.22. The summed E-state index contributed by atoms with van der Waals surface area (Å²) in [6.45, 7) is 4.32. The smallest absolute Gasteiger partial charge is 0.238 e. The Morgan fingerprint density at radius 2 is 2.29 bits per heavy atom. The Hall–Kier alpha value is -1.88. The molecular weight excluding hydrogens is 216 g/mol. The average molecular weight is 232 g/mol. The lowest BCUT2D eigenvalue weighted by Crippen LogP contribution is -2.32. The highest BCUT2D eigenvalue weighted by Gasteiger charge is 2.06. The third kappa shape index (κ3) is 2.82. The van der Waals surface area contributed by atoms with Crippen molar-refractivity contribution in [1.29, 1.82) is 0 Å². The van der Waals surface area contributed by atoms with Crippen LogP contribution in [0.15, 0.2) is 24.4 Å². The number of aromatic nitrogens is 2. The molecule has 0 aliphatic heterocycles. The minimum absolute atomic E-state index is 0.0487. The van der Waals surface area contributed by atoms with Gasteiger partial charge in [-0.05, 0) is 12.1 Å². The molecule has 0 radical (unpaired) electrons. The first-order valence-electron chi connectivity index (χ1n) is 5.62. The minimum Gasteiger partial charge on any atom is -0.324 e. The van der Waals surface area contributed by atoms with Gasteiger partial charge >= 0.3 is 0 Å². The topological polar surface area (TPSA) is 69.8 Å². The second-order valence-corrected chi connectivity index (χ2v) is 4.22. The Labute approximate surface area is 99.6 Å². The van der Waals surface area contributed by atoms with Crippen LogP contribution in [0.25, 0.3) is 10.9 Å². The van der Waals surface area contributed by atoms with Gasteiger partial charge in [-0.3, -0.25) is 9.89 Å². The maximum atomic E-state index is 11.7. The van der Waals surface area contributed by atoms with Gasteiger partial charge < -0.3 is 10.6 Å². The maximum Gasteiger partial charge on any atom is 0.238 e. The number of amides is 1. The van der Waals surface area contributed by atoms with E-state index in [4.69, 9.17) is 0 Å². The summed E-state index contributed by atoms with van der Waals surface area (Å²) in [6.07, 6.45) is 1.71. The predicted molar refractivity (Wildman–Crippen MR) is 67.9 cm³/mol. The van der Waals surface area contributed by atoms with Crippen molar-refractivity contribution in [3.63, 3.8) is 0 Å². The Bertz CT molecular complexity index is 518. The van der Waals surface area contributed by atoms with Crippen LogP contribution in [-0.4, -0.2) is 28.7 Å². The molecule has 17 heavy (non-hydrogen) atoms. The first-order valence-corrected chi connectivity index (χ1v) is 5.62. The van der Waals surface area contributed by atoms with Crippen molar-refractivity contribution >= 4 is 22.5 Å². The monoisotopic (exact) mass is 232 g/mol. The molecule has 1 heterocycles. The number of benzene rings is 1. The number of H-pyrrole nitrogens is 1. The third-order valence-electron chi connectivity index (χ3n) is 2.43. The molecule has 5 nitrogen and oxygen atoms in total. The van der Waals surface area contributed by atoms with Crippen LogP contribution in [0.2, 0.25) is 0 Å². The molecule has 90 valence electrons. The number of carbonyl (C=O) groups excluding carboxylic acids is 1. The van der Waals surface area contributed by atoms with E-state index in [9.17, 15) is 4.79 Å². The van der Waals surface area contributed by atoms with Gasteiger partial charge in [0.25, 0.3) is 0 Å². The van der Waals surface area contributed by atoms with E-state index >= 15 is 0 Å². The van der Waals surface area contributed by atoms with Gasteiger partial charge in [-0.15, -0.1) is 0 Å². The molecule has 2 aromatic rings. The normalized spacial score (nSPS) is 11.0. The lowest BCUT2D eigenvalue weighted by Gasteiger charge is -2.09. The van der Waals surface area contributed by atoms with Crippen LogP contribution in [0.3, 0.4) is 0 Å². The number of anilines is 1. The summed E-state index contributed by atoms with van der Waals surface area (Å²) in [5, 5.41) is 13.7. The van der Waals surface area contributed by atoms with E-state index in [1.807, 2.05) is 32.0 Å². The van der Waals surface area contributed by atoms with Gasteiger partial charge in [0.1, 0.15) is 0 Å². The van der Waals surface area contributed by atoms with Crippen LogP contribution in [0.1, 0.15) is 13.8 Å². The number of nitrogens with one attached hydrogen (secondary N) is 3. The van der Waals surface area contributed by atoms with Crippen molar-refractivity contribution in [3.05, 3.63) is 24.4 Å². The summed E-state index contributed by atoms with van der Waals surface area (Å²) < 4.78 is 0. The van der Waals surface area contributed by atoms with Crippen molar-refractivity contribution in [3.8, 4) is 0 Å². The van der Waals surface area contributed by atoms with Crippen LogP contribution >= 0.6 is 0 Å². The van der Waals surface area contributed by atoms with Gasteiger partial charge in [0.15, 0.2) is 0 Å². The molecule has 0 fully saturated rings. The summed E-state index contributed by atoms with van der Waals surface area (Å²) in [4.78, 5) is 11.7. The van der Waals surface area contributed by atoms with Crippen molar-refractivity contribution in [2.75, 3.05) is 11.9 Å². The average Bonchev–Trinajstić information content (AvgIpc) is 2.75. The lowest BCUT2D eigenvalue weighted by molar-refractivity contribution is -0.115. The zero-order valence-electron chi connectivity index (χ0n) is 9.95. The summed E-state index contributed by atoms with van der Waals surface area (Å²) in [6, 6.07) is 5.96. The van der Waals surface area contributed by atoms with E-state index in [0.717, 1.165) is 16.6 Å². The zero-order valence-corrected chi connectivity index (χ0v) is 9.95. The fraction of sp³-hybridized carbons (Fsp3) is 0.333. The number of hydrogen-bond acceptors (Lipinski definition) is 3. The molecule has 3 N–H and O–H groups in total. The highest BCUT2D eigenvalue weighted by molar-refractivity contribution is 6.01. The summed E-state index contributed by atoms with van der Waals surface area (Å²) >= 11 is 0. The molecule has 0 saturated heterocycles. The molecule has 0 aliphatic carbocycles. The molecule has 0 atom stereocenters. The SMILES string of the molecule is CC(C)NCC(=O)Nc1cccc2[nH]ncc12. The van der Waals surface area contributed by atoms with Gasteiger partial charge in [0, 0.05) is 11.4 Å². The van der Waals surface area contributed by atoms with Crippen molar-refractivity contribution < 1.29 is 4.79 Å². The molecule has 1 aromatic carbocycles. The van der Waals surface area contributed by atoms with Gasteiger partial charge in [-0.1, -0.05) is 19.9 Å². The van der Waals surface area contributed by atoms with E-state index < -0.39 is 0 Å². The minimum atomic E-state index is -0.0487. The first kappa shape index (κ1) is 11.6. The third-order valence-corrected chi connectivity index (χ3v) is 2.43. The Morgan fingerprint density at radius 1 is 1.47 bits per heavy atom. The van der Waals surface area contributed by atoms with E-state index in [1.54, 1.807) is 6.20 Å². The molecule has 2 rings (SSSR count). The largest absolute Gasteiger partial charge is 0.324 e. The van der Waals surface area contributed by atoms with E-state index in [1.165, 1.54) is 0 Å². The molecule has 1 aromatic heterocycles. The van der Waals surface area contributed by atoms with Crippen LogP contribution in [0.4, 0.5) is 5.69 Å². The summed E-state index contributed by atoms with van der Waals surface area (Å²) in [5.41, 5.74) is 1.70. The van der Waals surface area contributed by atoms with E-state index in [-0.39, 0.29) is 5.91 Å². The number of rotatable bonds is 4. The Morgan fingerprint density at radius 3 is 3.06 bits per heavy atom. The fourth-order valence-electron chi connectivity index (χ4n) is 1.57. The molecule has 5 heteroatoms. The van der Waals surface area contributed by atoms with E-state index in [0.29, 0.717) is 12.6 Å². The number of aromatic amines is 1. The molecule has 0 saturated carbocycles.